The summed E-state index contributed by atoms with van der Waals surface area (Å²) >= 11 is 0. The molecule has 0 bridgehead atoms. The van der Waals surface area contributed by atoms with Crippen LogP contribution in [0.3, 0.4) is 0 Å². The summed E-state index contributed by atoms with van der Waals surface area (Å²) in [6, 6.07) is 32.8. The van der Waals surface area contributed by atoms with Gasteiger partial charge in [-0.1, -0.05) is 77.6 Å². The van der Waals surface area contributed by atoms with Crippen molar-refractivity contribution in [3.8, 4) is 33.9 Å². The fourth-order valence-corrected chi connectivity index (χ4v) is 4.47. The van der Waals surface area contributed by atoms with Gasteiger partial charge in [0.25, 0.3) is 6.71 Å². The Morgan fingerprint density at radius 3 is 2.41 bits per heavy atom. The van der Waals surface area contributed by atoms with Crippen LogP contribution in [0, 0.1) is 0 Å². The van der Waals surface area contributed by atoms with E-state index in [0.717, 1.165) is 22.5 Å². The fourth-order valence-electron chi connectivity index (χ4n) is 4.47. The standard InChI is InChI=1S/C28H19BN2O/c1-2-11-25-23(10-1)24-15-14-21(19-26(24)29(25)27-12-3-5-16-30-27)20-8-7-9-22(18-20)32-28-13-4-6-17-31-28/h1-19H/i3D. The molecule has 3 aromatic carbocycles. The van der Waals surface area contributed by atoms with E-state index in [2.05, 4.69) is 58.5 Å². The summed E-state index contributed by atoms with van der Waals surface area (Å²) in [6.07, 6.45) is 3.44. The second kappa shape index (κ2) is 7.82. The minimum atomic E-state index is 0.00871. The highest BCUT2D eigenvalue weighted by molar-refractivity contribution is 6.98. The zero-order valence-corrected chi connectivity index (χ0v) is 17.3. The molecule has 1 aliphatic heterocycles. The predicted molar refractivity (Wildman–Crippen MR) is 131 cm³/mol. The van der Waals surface area contributed by atoms with E-state index in [4.69, 9.17) is 6.11 Å². The first kappa shape index (κ1) is 17.5. The van der Waals surface area contributed by atoms with Gasteiger partial charge in [0.15, 0.2) is 0 Å². The van der Waals surface area contributed by atoms with Crippen LogP contribution in [-0.2, 0) is 0 Å². The molecule has 4 heteroatoms. The first-order valence-corrected chi connectivity index (χ1v) is 10.6. The number of ether oxygens (including phenoxy) is 1. The van der Waals surface area contributed by atoms with E-state index < -0.39 is 0 Å². The summed E-state index contributed by atoms with van der Waals surface area (Å²) in [4.78, 5) is 8.89. The number of benzene rings is 3. The van der Waals surface area contributed by atoms with Crippen molar-refractivity contribution in [1.82, 2.24) is 9.97 Å². The summed E-state index contributed by atoms with van der Waals surface area (Å²) in [5, 5.41) is 0. The van der Waals surface area contributed by atoms with Gasteiger partial charge in [-0.15, -0.1) is 0 Å². The van der Waals surface area contributed by atoms with Crippen molar-refractivity contribution in [3.63, 3.8) is 0 Å². The third-order valence-corrected chi connectivity index (χ3v) is 5.87. The van der Waals surface area contributed by atoms with Gasteiger partial charge in [-0.3, -0.25) is 4.98 Å². The van der Waals surface area contributed by atoms with E-state index in [-0.39, 0.29) is 6.71 Å². The lowest BCUT2D eigenvalue weighted by Gasteiger charge is -2.12. The van der Waals surface area contributed by atoms with Crippen molar-refractivity contribution >= 4 is 23.2 Å². The average Bonchev–Trinajstić information content (AvgIpc) is 3.18. The Balaban J connectivity index is 1.43. The molecule has 0 radical (unpaired) electrons. The third-order valence-electron chi connectivity index (χ3n) is 5.87. The van der Waals surface area contributed by atoms with Crippen LogP contribution in [0.15, 0.2) is 115 Å². The lowest BCUT2D eigenvalue weighted by atomic mass is 9.40. The fraction of sp³-hybridized carbons (Fsp3) is 0. The van der Waals surface area contributed by atoms with E-state index in [1.165, 1.54) is 22.1 Å². The van der Waals surface area contributed by atoms with E-state index in [1.54, 1.807) is 18.5 Å². The molecule has 3 nitrogen and oxygen atoms in total. The zero-order valence-electron chi connectivity index (χ0n) is 18.3. The highest BCUT2D eigenvalue weighted by Gasteiger charge is 2.34. The molecule has 0 atom stereocenters. The summed E-state index contributed by atoms with van der Waals surface area (Å²) in [5.74, 6) is 1.32. The van der Waals surface area contributed by atoms with Crippen molar-refractivity contribution in [2.75, 3.05) is 0 Å². The van der Waals surface area contributed by atoms with Crippen molar-refractivity contribution in [3.05, 3.63) is 115 Å². The second-order valence-electron chi connectivity index (χ2n) is 7.80. The van der Waals surface area contributed by atoms with Crippen molar-refractivity contribution < 1.29 is 6.11 Å². The maximum atomic E-state index is 8.10. The van der Waals surface area contributed by atoms with Gasteiger partial charge in [-0.25, -0.2) is 4.98 Å². The second-order valence-corrected chi connectivity index (χ2v) is 7.80. The van der Waals surface area contributed by atoms with E-state index in [1.807, 2.05) is 42.5 Å². The maximum Gasteiger partial charge on any atom is 0.266 e. The minimum Gasteiger partial charge on any atom is -0.439 e. The molecule has 0 N–H and O–H groups in total. The predicted octanol–water partition coefficient (Wildman–Crippen LogP) is 4.43. The Hall–Kier alpha value is -4.18. The molecule has 5 aromatic rings. The molecule has 0 unspecified atom stereocenters. The van der Waals surface area contributed by atoms with Gasteiger partial charge in [0.2, 0.25) is 5.88 Å². The van der Waals surface area contributed by atoms with Crippen LogP contribution in [0.2, 0.25) is 0 Å². The lowest BCUT2D eigenvalue weighted by Crippen LogP contribution is -2.50. The summed E-state index contributed by atoms with van der Waals surface area (Å²) in [5.41, 5.74) is 7.98. The molecule has 3 heterocycles. The van der Waals surface area contributed by atoms with Gasteiger partial charge in [0.1, 0.15) is 5.75 Å². The number of pyridine rings is 2. The Morgan fingerprint density at radius 1 is 0.656 bits per heavy atom. The molecule has 0 spiro atoms. The molecular formula is C28H19BN2O. The van der Waals surface area contributed by atoms with Gasteiger partial charge in [0.05, 0.1) is 1.37 Å². The molecular weight excluding hydrogens is 391 g/mol. The quantitative estimate of drug-likeness (QED) is 0.403. The number of hydrogen-bond donors (Lipinski definition) is 0. The smallest absolute Gasteiger partial charge is 0.266 e. The van der Waals surface area contributed by atoms with Crippen molar-refractivity contribution in [2.24, 2.45) is 0 Å². The zero-order chi connectivity index (χ0) is 22.2. The molecule has 2 aromatic heterocycles. The Kier molecular flexibility index (Phi) is 4.28. The monoisotopic (exact) mass is 411 g/mol. The largest absolute Gasteiger partial charge is 0.439 e. The summed E-state index contributed by atoms with van der Waals surface area (Å²) in [7, 11) is 0. The topological polar surface area (TPSA) is 35.0 Å². The van der Waals surface area contributed by atoms with Crippen molar-refractivity contribution in [1.29, 1.82) is 0 Å². The van der Waals surface area contributed by atoms with Crippen LogP contribution in [0.4, 0.5) is 0 Å². The molecule has 0 saturated heterocycles. The Labute approximate surface area is 188 Å². The molecule has 32 heavy (non-hydrogen) atoms. The van der Waals surface area contributed by atoms with Gasteiger partial charge in [0, 0.05) is 24.1 Å². The molecule has 1 aliphatic rings. The van der Waals surface area contributed by atoms with Gasteiger partial charge >= 0.3 is 0 Å². The molecule has 150 valence electrons. The highest BCUT2D eigenvalue weighted by atomic mass is 16.5. The molecule has 0 saturated carbocycles. The summed E-state index contributed by atoms with van der Waals surface area (Å²) < 4.78 is 14.0. The molecule has 0 amide bonds. The van der Waals surface area contributed by atoms with Crippen LogP contribution in [-0.4, -0.2) is 16.7 Å². The van der Waals surface area contributed by atoms with E-state index >= 15 is 0 Å². The van der Waals surface area contributed by atoms with E-state index in [9.17, 15) is 0 Å². The van der Waals surface area contributed by atoms with Crippen molar-refractivity contribution in [2.45, 2.75) is 0 Å². The van der Waals surface area contributed by atoms with Gasteiger partial charge in [-0.05, 0) is 52.6 Å². The van der Waals surface area contributed by atoms with Crippen LogP contribution >= 0.6 is 0 Å². The third kappa shape index (κ3) is 3.26. The minimum absolute atomic E-state index is 0.00871. The number of nitrogens with zero attached hydrogens (tertiary/aromatic N) is 2. The SMILES string of the molecule is [2H]c1ccnc(B2c3ccccc3-c3ccc(-c4cccc(Oc5ccccn5)c4)cc32)c1. The van der Waals surface area contributed by atoms with Crippen LogP contribution in [0.1, 0.15) is 1.37 Å². The molecule has 6 rings (SSSR count). The summed E-state index contributed by atoms with van der Waals surface area (Å²) in [6.45, 7) is 0.00871. The number of fused-ring (bicyclic) bond motifs is 3. The number of rotatable bonds is 4. The van der Waals surface area contributed by atoms with Gasteiger partial charge in [-0.2, -0.15) is 0 Å². The normalized spacial score (nSPS) is 12.1. The molecule has 0 aliphatic carbocycles. The first-order chi connectivity index (χ1) is 16.3. The van der Waals surface area contributed by atoms with Crippen LogP contribution in [0.25, 0.3) is 22.3 Å². The van der Waals surface area contributed by atoms with Crippen LogP contribution in [0.5, 0.6) is 11.6 Å². The molecule has 0 fully saturated rings. The number of aromatic nitrogens is 2. The Morgan fingerprint density at radius 2 is 1.50 bits per heavy atom. The number of hydrogen-bond acceptors (Lipinski definition) is 3. The average molecular weight is 411 g/mol. The highest BCUT2D eigenvalue weighted by Crippen LogP contribution is 2.30. The first-order valence-electron chi connectivity index (χ1n) is 11.1. The van der Waals surface area contributed by atoms with Crippen LogP contribution < -0.4 is 21.3 Å². The lowest BCUT2D eigenvalue weighted by molar-refractivity contribution is 0.463. The Bertz CT molecular complexity index is 1470. The maximum absolute atomic E-state index is 8.10. The van der Waals surface area contributed by atoms with E-state index in [0.29, 0.717) is 11.9 Å². The van der Waals surface area contributed by atoms with Gasteiger partial charge < -0.3 is 4.74 Å².